The lowest BCUT2D eigenvalue weighted by Crippen LogP contribution is -2.48. The second kappa shape index (κ2) is 5.93. The molecule has 5 nitrogen and oxygen atoms in total. The van der Waals surface area contributed by atoms with Gasteiger partial charge >= 0.3 is 0 Å². The summed E-state index contributed by atoms with van der Waals surface area (Å²) in [7, 11) is -1.36. The highest BCUT2D eigenvalue weighted by molar-refractivity contribution is 7.86. The molecule has 3 atom stereocenters. The smallest absolute Gasteiger partial charge is 0.153 e. The number of nitrogens with zero attached hydrogens (tertiary/aromatic N) is 2. The maximum absolute atomic E-state index is 12.9. The van der Waals surface area contributed by atoms with Gasteiger partial charge in [0.15, 0.2) is 11.0 Å². The number of aliphatic hydroxyl groups is 1. The van der Waals surface area contributed by atoms with Gasteiger partial charge in [0.2, 0.25) is 0 Å². The Morgan fingerprint density at radius 1 is 1.38 bits per heavy atom. The minimum absolute atomic E-state index is 0.144. The molecule has 0 amide bonds. The van der Waals surface area contributed by atoms with Crippen LogP contribution in [0, 0.1) is 0 Å². The largest absolute Gasteiger partial charge is 0.395 e. The van der Waals surface area contributed by atoms with Gasteiger partial charge in [-0.3, -0.25) is 9.29 Å². The number of anilines is 1. The van der Waals surface area contributed by atoms with Gasteiger partial charge in [-0.25, -0.2) is 4.21 Å². The highest BCUT2D eigenvalue weighted by atomic mass is 32.2. The third-order valence-corrected chi connectivity index (χ3v) is 5.17. The Labute approximate surface area is 126 Å². The van der Waals surface area contributed by atoms with E-state index in [4.69, 9.17) is 5.73 Å². The molecule has 0 bridgehead atoms. The van der Waals surface area contributed by atoms with Crippen molar-refractivity contribution in [1.82, 2.24) is 4.98 Å². The zero-order valence-electron chi connectivity index (χ0n) is 11.4. The third kappa shape index (κ3) is 2.57. The van der Waals surface area contributed by atoms with Crippen LogP contribution in [0.15, 0.2) is 53.7 Å². The quantitative estimate of drug-likeness (QED) is 0.878. The summed E-state index contributed by atoms with van der Waals surface area (Å²) >= 11 is 0. The zero-order valence-corrected chi connectivity index (χ0v) is 12.2. The van der Waals surface area contributed by atoms with Crippen LogP contribution in [-0.4, -0.2) is 33.0 Å². The van der Waals surface area contributed by atoms with E-state index in [1.165, 1.54) is 0 Å². The maximum atomic E-state index is 12.9. The number of hydrogen-bond acceptors (Lipinski definition) is 4. The Balaban J connectivity index is 2.01. The summed E-state index contributed by atoms with van der Waals surface area (Å²) in [5, 5.41) is 9.38. The highest BCUT2D eigenvalue weighted by Gasteiger charge is 2.37. The van der Waals surface area contributed by atoms with E-state index in [2.05, 4.69) is 4.98 Å². The van der Waals surface area contributed by atoms with Crippen LogP contribution in [0.25, 0.3) is 0 Å². The molecule has 2 unspecified atom stereocenters. The van der Waals surface area contributed by atoms with Gasteiger partial charge in [0.1, 0.15) is 0 Å². The van der Waals surface area contributed by atoms with E-state index in [1.54, 1.807) is 16.7 Å². The molecule has 0 saturated heterocycles. The first-order chi connectivity index (χ1) is 10.2. The average molecular weight is 303 g/mol. The number of pyridine rings is 1. The topological polar surface area (TPSA) is 79.5 Å². The summed E-state index contributed by atoms with van der Waals surface area (Å²) in [4.78, 5) is 4.83. The Morgan fingerprint density at radius 3 is 2.86 bits per heavy atom. The zero-order chi connectivity index (χ0) is 14.8. The Bertz CT molecular complexity index is 650. The van der Waals surface area contributed by atoms with Crippen LogP contribution >= 0.6 is 0 Å². The van der Waals surface area contributed by atoms with Crippen molar-refractivity contribution in [3.63, 3.8) is 0 Å². The predicted octanol–water partition coefficient (Wildman–Crippen LogP) is 0.855. The molecule has 1 aliphatic heterocycles. The number of rotatable bonds is 4. The van der Waals surface area contributed by atoms with Crippen molar-refractivity contribution in [3.8, 4) is 0 Å². The molecule has 0 aliphatic carbocycles. The number of aliphatic hydroxyl groups excluding tert-OH is 1. The molecule has 3 rings (SSSR count). The number of hydrogen-bond donors (Lipinski definition) is 2. The van der Waals surface area contributed by atoms with Crippen LogP contribution < -0.4 is 10.0 Å². The lowest BCUT2D eigenvalue weighted by atomic mass is 10.1. The van der Waals surface area contributed by atoms with Crippen molar-refractivity contribution in [2.75, 3.05) is 10.9 Å². The molecule has 1 aliphatic rings. The molecule has 1 aromatic heterocycles. The first kappa shape index (κ1) is 14.2. The number of fused-ring (bicyclic) bond motifs is 1. The van der Waals surface area contributed by atoms with Crippen molar-refractivity contribution in [2.24, 2.45) is 5.73 Å². The minimum Gasteiger partial charge on any atom is -0.395 e. The van der Waals surface area contributed by atoms with Crippen molar-refractivity contribution < 1.29 is 9.32 Å². The van der Waals surface area contributed by atoms with E-state index in [0.29, 0.717) is 6.42 Å². The van der Waals surface area contributed by atoms with Crippen LogP contribution in [0.1, 0.15) is 5.56 Å². The molecular weight excluding hydrogens is 286 g/mol. The van der Waals surface area contributed by atoms with Gasteiger partial charge in [-0.05, 0) is 30.2 Å². The molecule has 6 heteroatoms. The molecular formula is C15H17N3O2S. The van der Waals surface area contributed by atoms with Gasteiger partial charge in [0.25, 0.3) is 0 Å². The Morgan fingerprint density at radius 2 is 2.14 bits per heavy atom. The molecule has 2 aromatic rings. The molecule has 0 fully saturated rings. The lowest BCUT2D eigenvalue weighted by molar-refractivity contribution is 0.251. The maximum Gasteiger partial charge on any atom is 0.153 e. The van der Waals surface area contributed by atoms with Crippen LogP contribution in [0.4, 0.5) is 5.69 Å². The van der Waals surface area contributed by atoms with Crippen molar-refractivity contribution in [1.29, 1.82) is 0 Å². The summed E-state index contributed by atoms with van der Waals surface area (Å²) in [6.07, 6.45) is 4.10. The number of nitrogens with two attached hydrogens (primary N) is 1. The van der Waals surface area contributed by atoms with Crippen LogP contribution in [-0.2, 0) is 17.4 Å². The molecule has 0 saturated carbocycles. The van der Waals surface area contributed by atoms with Gasteiger partial charge in [-0.1, -0.05) is 18.2 Å². The van der Waals surface area contributed by atoms with Gasteiger partial charge in [0.05, 0.1) is 23.2 Å². The van der Waals surface area contributed by atoms with E-state index in [-0.39, 0.29) is 12.6 Å². The van der Waals surface area contributed by atoms with E-state index in [1.807, 2.05) is 36.4 Å². The molecule has 3 N–H and O–H groups in total. The average Bonchev–Trinajstić information content (AvgIpc) is 2.93. The van der Waals surface area contributed by atoms with E-state index in [9.17, 15) is 9.32 Å². The highest BCUT2D eigenvalue weighted by Crippen LogP contribution is 2.35. The summed E-state index contributed by atoms with van der Waals surface area (Å²) < 4.78 is 14.7. The van der Waals surface area contributed by atoms with E-state index < -0.39 is 17.0 Å². The fourth-order valence-electron chi connectivity index (χ4n) is 2.59. The standard InChI is InChI=1S/C15H17N3O2S/c16-13(10-19)15-8-11-9-17-7-6-14(11)18(15)21(20)12-4-2-1-3-5-12/h1-7,9,13,15,19H,8,10,16H2/t13-,15?,21?/m1/s1. The molecule has 0 radical (unpaired) electrons. The number of aromatic nitrogens is 1. The fraction of sp³-hybridized carbons (Fsp3) is 0.267. The summed E-state index contributed by atoms with van der Waals surface area (Å²) in [5.41, 5.74) is 7.90. The molecule has 0 spiro atoms. The first-order valence-corrected chi connectivity index (χ1v) is 7.88. The van der Waals surface area contributed by atoms with Crippen molar-refractivity contribution >= 4 is 16.7 Å². The lowest BCUT2D eigenvalue weighted by Gasteiger charge is -2.29. The minimum atomic E-state index is -1.36. The second-order valence-corrected chi connectivity index (χ2v) is 6.37. The van der Waals surface area contributed by atoms with Crippen LogP contribution in [0.2, 0.25) is 0 Å². The third-order valence-electron chi connectivity index (χ3n) is 3.67. The van der Waals surface area contributed by atoms with Crippen molar-refractivity contribution in [3.05, 3.63) is 54.4 Å². The predicted molar refractivity (Wildman–Crippen MR) is 82.1 cm³/mol. The fourth-order valence-corrected chi connectivity index (χ4v) is 4.04. The summed E-state index contributed by atoms with van der Waals surface area (Å²) in [6.45, 7) is -0.144. The van der Waals surface area contributed by atoms with E-state index >= 15 is 0 Å². The van der Waals surface area contributed by atoms with Gasteiger partial charge in [-0.15, -0.1) is 0 Å². The van der Waals surface area contributed by atoms with Crippen molar-refractivity contribution in [2.45, 2.75) is 23.4 Å². The van der Waals surface area contributed by atoms with Gasteiger partial charge in [0, 0.05) is 18.4 Å². The van der Waals surface area contributed by atoms with Gasteiger partial charge in [-0.2, -0.15) is 0 Å². The van der Waals surface area contributed by atoms with E-state index in [0.717, 1.165) is 16.1 Å². The molecule has 110 valence electrons. The van der Waals surface area contributed by atoms with Gasteiger partial charge < -0.3 is 10.8 Å². The molecule has 2 heterocycles. The Hall–Kier alpha value is -1.76. The normalized spacial score (nSPS) is 20.1. The molecule has 21 heavy (non-hydrogen) atoms. The number of benzene rings is 1. The van der Waals surface area contributed by atoms with Crippen LogP contribution in [0.3, 0.4) is 0 Å². The SMILES string of the molecule is N[C@H](CO)C1Cc2cnccc2N1S(=O)c1ccccc1. The van der Waals surface area contributed by atoms with Crippen LogP contribution in [0.5, 0.6) is 0 Å². The second-order valence-electron chi connectivity index (χ2n) is 5.01. The summed E-state index contributed by atoms with van der Waals surface area (Å²) in [6, 6.07) is 10.5. The Kier molecular flexibility index (Phi) is 4.01. The monoisotopic (exact) mass is 303 g/mol. The summed E-state index contributed by atoms with van der Waals surface area (Å²) in [5.74, 6) is 0. The molecule has 1 aromatic carbocycles. The first-order valence-electron chi connectivity index (χ1n) is 6.78.